The summed E-state index contributed by atoms with van der Waals surface area (Å²) in [4.78, 5) is 9.98. The van der Waals surface area contributed by atoms with Gasteiger partial charge in [-0.15, -0.1) is 0 Å². The topological polar surface area (TPSA) is 53.1 Å². The fourth-order valence-electron chi connectivity index (χ4n) is 3.28. The summed E-state index contributed by atoms with van der Waals surface area (Å²) in [5.41, 5.74) is 1.70. The fourth-order valence-corrected chi connectivity index (χ4v) is 4.38. The van der Waals surface area contributed by atoms with Crippen molar-refractivity contribution in [2.24, 2.45) is 5.92 Å². The molecule has 0 spiro atoms. The lowest BCUT2D eigenvalue weighted by molar-refractivity contribution is 0.302. The minimum Gasteiger partial charge on any atom is -0.340 e. The van der Waals surface area contributed by atoms with Crippen molar-refractivity contribution in [1.82, 2.24) is 14.3 Å². The maximum absolute atomic E-state index is 13.0. The zero-order valence-electron chi connectivity index (χ0n) is 16.3. The second-order valence-corrected chi connectivity index (χ2v) is 8.44. The summed E-state index contributed by atoms with van der Waals surface area (Å²) in [6, 6.07) is 16.2. The van der Waals surface area contributed by atoms with Crippen LogP contribution in [-0.4, -0.2) is 27.4 Å². The lowest BCUT2D eigenvalue weighted by Crippen LogP contribution is -2.28. The van der Waals surface area contributed by atoms with E-state index >= 15 is 0 Å². The second kappa shape index (κ2) is 9.24. The Morgan fingerprint density at radius 2 is 1.72 bits per heavy atom. The zero-order valence-corrected chi connectivity index (χ0v) is 17.1. The van der Waals surface area contributed by atoms with E-state index < -0.39 is 0 Å². The van der Waals surface area contributed by atoms with Gasteiger partial charge in [-0.3, -0.25) is 0 Å². The summed E-state index contributed by atoms with van der Waals surface area (Å²) in [5, 5.41) is 6.38. The monoisotopic (exact) mass is 409 g/mol. The number of halogens is 1. The van der Waals surface area contributed by atoms with Crippen molar-refractivity contribution in [2.75, 3.05) is 23.7 Å². The number of aromatic nitrogens is 2. The molecule has 0 aliphatic carbocycles. The first-order valence-corrected chi connectivity index (χ1v) is 10.6. The number of hydrogen-bond donors (Lipinski definition) is 2. The third-order valence-electron chi connectivity index (χ3n) is 4.74. The van der Waals surface area contributed by atoms with E-state index in [9.17, 15) is 4.39 Å². The van der Waals surface area contributed by atoms with E-state index in [1.54, 1.807) is 24.4 Å². The standard InChI is InChI=1S/C22H24FN5S/c1-16-3-2-14-28(15-16)29-20-10-8-19(9-11-20)26-22-24-13-12-21(27-22)25-18-6-4-17(23)5-7-18/h4-13,16H,2-3,14-15H2,1H3,(H2,24,25,26,27). The Morgan fingerprint density at radius 3 is 2.48 bits per heavy atom. The van der Waals surface area contributed by atoms with Crippen LogP contribution in [-0.2, 0) is 0 Å². The van der Waals surface area contributed by atoms with E-state index in [1.807, 2.05) is 24.1 Å². The lowest BCUT2D eigenvalue weighted by atomic mass is 10.0. The normalized spacial score (nSPS) is 17.1. The summed E-state index contributed by atoms with van der Waals surface area (Å²) in [6.45, 7) is 4.61. The van der Waals surface area contributed by atoms with Gasteiger partial charge in [0.1, 0.15) is 11.6 Å². The van der Waals surface area contributed by atoms with Crippen LogP contribution in [0.2, 0.25) is 0 Å². The number of nitrogens with zero attached hydrogens (tertiary/aromatic N) is 3. The molecule has 2 heterocycles. The molecule has 3 aromatic rings. The predicted octanol–water partition coefficient (Wildman–Crippen LogP) is 5.84. The third kappa shape index (κ3) is 5.68. The van der Waals surface area contributed by atoms with Crippen molar-refractivity contribution in [2.45, 2.75) is 24.7 Å². The Morgan fingerprint density at radius 1 is 1.00 bits per heavy atom. The van der Waals surface area contributed by atoms with Crippen molar-refractivity contribution in [3.8, 4) is 0 Å². The van der Waals surface area contributed by atoms with Crippen molar-refractivity contribution in [3.63, 3.8) is 0 Å². The van der Waals surface area contributed by atoms with Gasteiger partial charge in [-0.2, -0.15) is 4.98 Å². The van der Waals surface area contributed by atoms with Crippen LogP contribution in [0.1, 0.15) is 19.8 Å². The average Bonchev–Trinajstić information content (AvgIpc) is 2.72. The quantitative estimate of drug-likeness (QED) is 0.499. The van der Waals surface area contributed by atoms with Gasteiger partial charge in [0, 0.05) is 35.6 Å². The van der Waals surface area contributed by atoms with Crippen molar-refractivity contribution in [1.29, 1.82) is 0 Å². The molecule has 1 aromatic heterocycles. The number of benzene rings is 2. The molecule has 1 unspecified atom stereocenters. The smallest absolute Gasteiger partial charge is 0.229 e. The van der Waals surface area contributed by atoms with Gasteiger partial charge in [0.05, 0.1) is 0 Å². The van der Waals surface area contributed by atoms with Gasteiger partial charge < -0.3 is 10.6 Å². The maximum atomic E-state index is 13.0. The van der Waals surface area contributed by atoms with Crippen LogP contribution in [0.3, 0.4) is 0 Å². The predicted molar refractivity (Wildman–Crippen MR) is 117 cm³/mol. The fraction of sp³-hybridized carbons (Fsp3) is 0.273. The number of rotatable bonds is 6. The van der Waals surface area contributed by atoms with Crippen molar-refractivity contribution >= 4 is 35.1 Å². The first kappa shape index (κ1) is 19.7. The second-order valence-electron chi connectivity index (χ2n) is 7.27. The van der Waals surface area contributed by atoms with E-state index in [0.29, 0.717) is 11.8 Å². The van der Waals surface area contributed by atoms with Gasteiger partial charge in [0.2, 0.25) is 5.95 Å². The lowest BCUT2D eigenvalue weighted by Gasteiger charge is -2.29. The van der Waals surface area contributed by atoms with Crippen LogP contribution >= 0.6 is 11.9 Å². The molecule has 1 aliphatic heterocycles. The highest BCUT2D eigenvalue weighted by molar-refractivity contribution is 7.97. The molecule has 7 heteroatoms. The highest BCUT2D eigenvalue weighted by Crippen LogP contribution is 2.29. The van der Waals surface area contributed by atoms with Crippen LogP contribution in [0.4, 0.5) is 27.5 Å². The summed E-state index contributed by atoms with van der Waals surface area (Å²) in [5.74, 6) is 1.64. The molecule has 0 bridgehead atoms. The Balaban J connectivity index is 1.37. The van der Waals surface area contributed by atoms with Gasteiger partial charge in [-0.1, -0.05) is 6.92 Å². The van der Waals surface area contributed by atoms with Crippen LogP contribution in [0.25, 0.3) is 0 Å². The first-order valence-electron chi connectivity index (χ1n) is 9.80. The van der Waals surface area contributed by atoms with E-state index in [1.165, 1.54) is 29.9 Å². The molecular formula is C22H24FN5S. The summed E-state index contributed by atoms with van der Waals surface area (Å²) >= 11 is 1.83. The highest BCUT2D eigenvalue weighted by atomic mass is 32.2. The van der Waals surface area contributed by atoms with Crippen LogP contribution in [0.15, 0.2) is 65.7 Å². The molecule has 150 valence electrons. The molecule has 1 aliphatic rings. The molecule has 1 atom stereocenters. The van der Waals surface area contributed by atoms with Crippen molar-refractivity contribution in [3.05, 3.63) is 66.6 Å². The minimum atomic E-state index is -0.267. The van der Waals surface area contributed by atoms with E-state index in [2.05, 4.69) is 44.0 Å². The summed E-state index contributed by atoms with van der Waals surface area (Å²) in [7, 11) is 0. The van der Waals surface area contributed by atoms with E-state index in [4.69, 9.17) is 0 Å². The SMILES string of the molecule is CC1CCCN(Sc2ccc(Nc3nccc(Nc4ccc(F)cc4)n3)cc2)C1. The number of nitrogens with one attached hydrogen (secondary N) is 2. The van der Waals surface area contributed by atoms with Crippen molar-refractivity contribution < 1.29 is 4.39 Å². The minimum absolute atomic E-state index is 0.267. The van der Waals surface area contributed by atoms with Gasteiger partial charge in [0.15, 0.2) is 0 Å². The molecule has 0 amide bonds. The highest BCUT2D eigenvalue weighted by Gasteiger charge is 2.17. The first-order chi connectivity index (χ1) is 14.1. The molecule has 1 saturated heterocycles. The molecule has 4 rings (SSSR count). The number of hydrogen-bond acceptors (Lipinski definition) is 6. The summed E-state index contributed by atoms with van der Waals surface area (Å²) < 4.78 is 15.5. The molecule has 2 N–H and O–H groups in total. The Bertz CT molecular complexity index is 933. The molecule has 2 aromatic carbocycles. The Hall–Kier alpha value is -2.64. The van der Waals surface area contributed by atoms with Gasteiger partial charge in [-0.25, -0.2) is 13.7 Å². The molecule has 0 radical (unpaired) electrons. The van der Waals surface area contributed by atoms with Gasteiger partial charge in [-0.05, 0) is 85.3 Å². The molecular weight excluding hydrogens is 385 g/mol. The van der Waals surface area contributed by atoms with Crippen LogP contribution < -0.4 is 10.6 Å². The number of piperidine rings is 1. The molecule has 29 heavy (non-hydrogen) atoms. The number of anilines is 4. The average molecular weight is 410 g/mol. The van der Waals surface area contributed by atoms with Crippen LogP contribution in [0.5, 0.6) is 0 Å². The van der Waals surface area contributed by atoms with Gasteiger partial charge >= 0.3 is 0 Å². The molecule has 0 saturated carbocycles. The van der Waals surface area contributed by atoms with E-state index in [0.717, 1.165) is 30.4 Å². The maximum Gasteiger partial charge on any atom is 0.229 e. The van der Waals surface area contributed by atoms with Crippen LogP contribution in [0, 0.1) is 11.7 Å². The third-order valence-corrected chi connectivity index (χ3v) is 5.81. The zero-order chi connectivity index (χ0) is 20.1. The Kier molecular flexibility index (Phi) is 6.27. The molecule has 1 fully saturated rings. The van der Waals surface area contributed by atoms with Gasteiger partial charge in [0.25, 0.3) is 0 Å². The summed E-state index contributed by atoms with van der Waals surface area (Å²) in [6.07, 6.45) is 4.28. The Labute approximate surface area is 174 Å². The van der Waals surface area contributed by atoms with E-state index in [-0.39, 0.29) is 5.82 Å². The largest absolute Gasteiger partial charge is 0.340 e. The molecule has 5 nitrogen and oxygen atoms in total.